The van der Waals surface area contributed by atoms with Gasteiger partial charge in [0, 0.05) is 25.0 Å². The quantitative estimate of drug-likeness (QED) is 0.584. The van der Waals surface area contributed by atoms with Gasteiger partial charge in [0.05, 0.1) is 9.82 Å². The third kappa shape index (κ3) is 3.36. The van der Waals surface area contributed by atoms with Crippen molar-refractivity contribution in [1.82, 2.24) is 4.31 Å². The van der Waals surface area contributed by atoms with Gasteiger partial charge in [0.15, 0.2) is 0 Å². The van der Waals surface area contributed by atoms with Crippen molar-refractivity contribution in [3.8, 4) is 0 Å². The highest BCUT2D eigenvalue weighted by Crippen LogP contribution is 2.25. The van der Waals surface area contributed by atoms with Crippen molar-refractivity contribution in [2.75, 3.05) is 13.6 Å². The number of unbranched alkanes of at least 4 members (excludes halogenated alkanes) is 1. The second kappa shape index (κ2) is 6.07. The first-order valence-corrected chi connectivity index (χ1v) is 6.90. The minimum absolute atomic E-state index is 0.0345. The van der Waals surface area contributed by atoms with Crippen LogP contribution in [0.2, 0.25) is 0 Å². The Labute approximate surface area is 101 Å². The predicted molar refractivity (Wildman–Crippen MR) is 64.9 cm³/mol. The Bertz CT molecular complexity index is 392. The van der Waals surface area contributed by atoms with Crippen molar-refractivity contribution in [1.29, 1.82) is 0 Å². The Morgan fingerprint density at radius 3 is 2.81 bits per heavy atom. The topological polar surface area (TPSA) is 63.5 Å². The van der Waals surface area contributed by atoms with E-state index in [-0.39, 0.29) is 5.00 Å². The molecule has 16 heavy (non-hydrogen) atoms. The molecule has 1 rings (SSSR count). The van der Waals surface area contributed by atoms with Gasteiger partial charge in [-0.2, -0.15) is 0 Å². The molecular weight excluding hydrogens is 248 g/mol. The summed E-state index contributed by atoms with van der Waals surface area (Å²) in [5, 5.41) is 12.1. The van der Waals surface area contributed by atoms with Crippen LogP contribution < -0.4 is 0 Å². The third-order valence-electron chi connectivity index (χ3n) is 2.05. The van der Waals surface area contributed by atoms with E-state index in [0.717, 1.165) is 30.7 Å². The Balaban J connectivity index is 2.68. The molecule has 0 bridgehead atoms. The molecule has 0 saturated heterocycles. The molecule has 1 aromatic heterocycles. The van der Waals surface area contributed by atoms with Crippen LogP contribution in [0.25, 0.3) is 0 Å². The lowest BCUT2D eigenvalue weighted by Crippen LogP contribution is -2.22. The number of hydrogen-bond acceptors (Lipinski definition) is 4. The van der Waals surface area contributed by atoms with Crippen LogP contribution in [-0.4, -0.2) is 27.0 Å². The molecule has 0 fully saturated rings. The summed E-state index contributed by atoms with van der Waals surface area (Å²) in [5.74, 6) is 0. The second-order valence-electron chi connectivity index (χ2n) is 3.33. The maximum absolute atomic E-state index is 11.9. The molecule has 90 valence electrons. The Kier molecular flexibility index (Phi) is 5.04. The first-order chi connectivity index (χ1) is 7.56. The van der Waals surface area contributed by atoms with Gasteiger partial charge in [-0.05, 0) is 6.42 Å². The van der Waals surface area contributed by atoms with Crippen LogP contribution in [-0.2, 0) is 11.0 Å². The van der Waals surface area contributed by atoms with E-state index in [2.05, 4.69) is 6.92 Å². The van der Waals surface area contributed by atoms with Gasteiger partial charge in [0.25, 0.3) is 0 Å². The Morgan fingerprint density at radius 1 is 1.62 bits per heavy atom. The fraction of sp³-hybridized carbons (Fsp3) is 0.556. The smallest absolute Gasteiger partial charge is 0.258 e. The lowest BCUT2D eigenvalue weighted by atomic mass is 10.3. The summed E-state index contributed by atoms with van der Waals surface area (Å²) >= 11 is 1.01. The van der Waals surface area contributed by atoms with Gasteiger partial charge in [0.2, 0.25) is 0 Å². The molecule has 0 radical (unpaired) electrons. The van der Waals surface area contributed by atoms with Crippen molar-refractivity contribution < 1.29 is 9.13 Å². The van der Waals surface area contributed by atoms with E-state index in [1.165, 1.54) is 6.07 Å². The molecule has 0 aliphatic rings. The van der Waals surface area contributed by atoms with Crippen molar-refractivity contribution >= 4 is 27.3 Å². The van der Waals surface area contributed by atoms with E-state index in [4.69, 9.17) is 0 Å². The summed E-state index contributed by atoms with van der Waals surface area (Å²) in [5.41, 5.74) is 0. The number of nitrogens with zero attached hydrogens (tertiary/aromatic N) is 2. The van der Waals surface area contributed by atoms with E-state index in [9.17, 15) is 14.3 Å². The molecule has 5 nitrogen and oxygen atoms in total. The number of nitro groups is 1. The summed E-state index contributed by atoms with van der Waals surface area (Å²) in [7, 11) is 0.473. The Morgan fingerprint density at radius 2 is 2.31 bits per heavy atom. The molecule has 1 aromatic rings. The maximum atomic E-state index is 11.9. The summed E-state index contributed by atoms with van der Waals surface area (Å²) in [6, 6.07) is 1.38. The largest absolute Gasteiger partial charge is 0.325 e. The monoisotopic (exact) mass is 262 g/mol. The molecule has 0 aliphatic carbocycles. The van der Waals surface area contributed by atoms with Gasteiger partial charge in [-0.3, -0.25) is 10.1 Å². The maximum Gasteiger partial charge on any atom is 0.325 e. The van der Waals surface area contributed by atoms with Crippen LogP contribution >= 0.6 is 11.3 Å². The molecule has 1 atom stereocenters. The molecule has 1 heterocycles. The van der Waals surface area contributed by atoms with Crippen LogP contribution in [0.1, 0.15) is 19.8 Å². The average Bonchev–Trinajstić information content (AvgIpc) is 2.74. The van der Waals surface area contributed by atoms with Crippen molar-refractivity contribution in [3.63, 3.8) is 0 Å². The molecule has 7 heteroatoms. The highest BCUT2D eigenvalue weighted by Gasteiger charge is 2.16. The predicted octanol–water partition coefficient (Wildman–Crippen LogP) is 2.41. The van der Waals surface area contributed by atoms with Crippen LogP contribution in [0.3, 0.4) is 0 Å². The summed E-state index contributed by atoms with van der Waals surface area (Å²) in [6.07, 6.45) is 2.00. The molecule has 0 amide bonds. The van der Waals surface area contributed by atoms with Crippen LogP contribution in [0.5, 0.6) is 0 Å². The van der Waals surface area contributed by atoms with E-state index >= 15 is 0 Å². The minimum atomic E-state index is -1.29. The number of thiophene rings is 1. The van der Waals surface area contributed by atoms with Crippen molar-refractivity contribution in [2.45, 2.75) is 24.7 Å². The first kappa shape index (κ1) is 13.3. The minimum Gasteiger partial charge on any atom is -0.258 e. The van der Waals surface area contributed by atoms with Crippen LogP contribution in [0, 0.1) is 10.1 Å². The zero-order chi connectivity index (χ0) is 12.1. The molecule has 1 unspecified atom stereocenters. The van der Waals surface area contributed by atoms with Gasteiger partial charge in [-0.25, -0.2) is 8.51 Å². The average molecular weight is 262 g/mol. The van der Waals surface area contributed by atoms with Gasteiger partial charge in [0.1, 0.15) is 11.0 Å². The van der Waals surface area contributed by atoms with Crippen LogP contribution in [0.4, 0.5) is 5.00 Å². The number of rotatable bonds is 6. The molecule has 0 spiro atoms. The zero-order valence-corrected chi connectivity index (χ0v) is 10.8. The van der Waals surface area contributed by atoms with Gasteiger partial charge >= 0.3 is 5.00 Å². The van der Waals surface area contributed by atoms with E-state index in [1.807, 2.05) is 0 Å². The lowest BCUT2D eigenvalue weighted by Gasteiger charge is -2.13. The van der Waals surface area contributed by atoms with Gasteiger partial charge < -0.3 is 0 Å². The summed E-state index contributed by atoms with van der Waals surface area (Å²) in [6.45, 7) is 2.79. The molecular formula is C9H14N2O3S2. The molecule has 0 saturated carbocycles. The number of hydrogen-bond donors (Lipinski definition) is 0. The van der Waals surface area contributed by atoms with Gasteiger partial charge in [-0.1, -0.05) is 24.7 Å². The Hall–Kier alpha value is -0.790. The normalized spacial score (nSPS) is 12.9. The fourth-order valence-corrected chi connectivity index (χ4v) is 3.14. The van der Waals surface area contributed by atoms with Crippen LogP contribution in [0.15, 0.2) is 16.3 Å². The summed E-state index contributed by atoms with van der Waals surface area (Å²) < 4.78 is 13.6. The molecule has 0 aliphatic heterocycles. The first-order valence-electron chi connectivity index (χ1n) is 4.92. The van der Waals surface area contributed by atoms with Crippen molar-refractivity contribution in [3.05, 3.63) is 21.6 Å². The fourth-order valence-electron chi connectivity index (χ4n) is 1.14. The standard InChI is InChI=1S/C9H14N2O3S2/c1-3-4-5-10(2)16(14)8-6-9(11(12)13)15-7-8/h6-7H,3-5H2,1-2H3. The lowest BCUT2D eigenvalue weighted by molar-refractivity contribution is -0.380. The summed E-state index contributed by atoms with van der Waals surface area (Å²) in [4.78, 5) is 10.5. The molecule has 0 aromatic carbocycles. The van der Waals surface area contributed by atoms with E-state index in [0.29, 0.717) is 4.90 Å². The highest BCUT2D eigenvalue weighted by molar-refractivity contribution is 7.82. The SMILES string of the molecule is CCCCN(C)S(=O)c1csc([N+](=O)[O-])c1. The molecule has 0 N–H and O–H groups in total. The second-order valence-corrected chi connectivity index (χ2v) is 5.81. The van der Waals surface area contributed by atoms with E-state index < -0.39 is 15.9 Å². The zero-order valence-electron chi connectivity index (χ0n) is 9.21. The van der Waals surface area contributed by atoms with Crippen molar-refractivity contribution in [2.24, 2.45) is 0 Å². The third-order valence-corrected chi connectivity index (χ3v) is 4.47. The van der Waals surface area contributed by atoms with E-state index in [1.54, 1.807) is 16.7 Å². The highest BCUT2D eigenvalue weighted by atomic mass is 32.2. The van der Waals surface area contributed by atoms with Gasteiger partial charge in [-0.15, -0.1) is 0 Å².